The van der Waals surface area contributed by atoms with Gasteiger partial charge in [0, 0.05) is 11.3 Å². The molecular formula is C27H23ClFNO5. The van der Waals surface area contributed by atoms with Gasteiger partial charge in [-0.05, 0) is 66.6 Å². The van der Waals surface area contributed by atoms with Gasteiger partial charge in [-0.15, -0.1) is 0 Å². The van der Waals surface area contributed by atoms with E-state index in [-0.39, 0.29) is 22.0 Å². The van der Waals surface area contributed by atoms with Gasteiger partial charge in [0.05, 0.1) is 30.4 Å². The van der Waals surface area contributed by atoms with E-state index in [2.05, 4.69) is 0 Å². The average molecular weight is 496 g/mol. The second kappa shape index (κ2) is 10.2. The fraction of sp³-hybridized carbons (Fsp3) is 0.185. The van der Waals surface area contributed by atoms with E-state index in [0.717, 1.165) is 12.5 Å². The van der Waals surface area contributed by atoms with Crippen LogP contribution in [0.15, 0.2) is 72.3 Å². The quantitative estimate of drug-likeness (QED) is 0.251. The normalized spacial score (nSPS) is 17.0. The van der Waals surface area contributed by atoms with Crippen molar-refractivity contribution in [2.45, 2.75) is 19.4 Å². The van der Waals surface area contributed by atoms with Crippen molar-refractivity contribution in [3.63, 3.8) is 0 Å². The molecule has 0 aromatic heterocycles. The van der Waals surface area contributed by atoms with Crippen LogP contribution in [-0.2, 0) is 9.59 Å². The zero-order valence-corrected chi connectivity index (χ0v) is 19.9. The predicted octanol–water partition coefficient (Wildman–Crippen LogP) is 5.90. The minimum absolute atomic E-state index is 0.0946. The molecule has 35 heavy (non-hydrogen) atoms. The number of carbonyl (C=O) groups excluding carboxylic acids is 2. The minimum atomic E-state index is -0.974. The van der Waals surface area contributed by atoms with Crippen molar-refractivity contribution in [1.29, 1.82) is 0 Å². The molecule has 1 fully saturated rings. The first-order valence-corrected chi connectivity index (χ1v) is 11.4. The number of nitrogens with zero attached hydrogens (tertiary/aromatic N) is 1. The molecule has 8 heteroatoms. The van der Waals surface area contributed by atoms with Crippen molar-refractivity contribution in [3.05, 3.63) is 94.3 Å². The molecule has 1 unspecified atom stereocenters. The molecule has 1 aliphatic rings. The van der Waals surface area contributed by atoms with Crippen LogP contribution in [0.3, 0.4) is 0 Å². The van der Waals surface area contributed by atoms with Crippen LogP contribution in [0.2, 0.25) is 5.02 Å². The lowest BCUT2D eigenvalue weighted by Crippen LogP contribution is -2.29. The van der Waals surface area contributed by atoms with Gasteiger partial charge in [0.2, 0.25) is 0 Å². The lowest BCUT2D eigenvalue weighted by molar-refractivity contribution is -0.132. The first-order valence-electron chi connectivity index (χ1n) is 11.0. The van der Waals surface area contributed by atoms with E-state index >= 15 is 0 Å². The molecular weight excluding hydrogens is 473 g/mol. The highest BCUT2D eigenvalue weighted by Gasteiger charge is 2.47. The zero-order chi connectivity index (χ0) is 25.1. The van der Waals surface area contributed by atoms with Gasteiger partial charge in [-0.2, -0.15) is 0 Å². The number of amides is 1. The summed E-state index contributed by atoms with van der Waals surface area (Å²) in [5, 5.41) is 11.0. The third kappa shape index (κ3) is 4.72. The number of hydrogen-bond donors (Lipinski definition) is 1. The Balaban J connectivity index is 1.85. The van der Waals surface area contributed by atoms with Gasteiger partial charge < -0.3 is 14.6 Å². The number of hydrogen-bond acceptors (Lipinski definition) is 5. The van der Waals surface area contributed by atoms with Gasteiger partial charge in [0.25, 0.3) is 11.7 Å². The number of ether oxygens (including phenoxy) is 2. The fourth-order valence-electron chi connectivity index (χ4n) is 3.92. The van der Waals surface area contributed by atoms with E-state index in [4.69, 9.17) is 21.1 Å². The van der Waals surface area contributed by atoms with Crippen LogP contribution in [0.5, 0.6) is 11.5 Å². The van der Waals surface area contributed by atoms with Crippen LogP contribution < -0.4 is 14.4 Å². The van der Waals surface area contributed by atoms with Crippen molar-refractivity contribution < 1.29 is 28.6 Å². The maximum atomic E-state index is 13.8. The number of benzene rings is 3. The summed E-state index contributed by atoms with van der Waals surface area (Å²) < 4.78 is 24.6. The summed E-state index contributed by atoms with van der Waals surface area (Å²) in [5.41, 5.74) is 1.03. The SMILES string of the molecule is CCCOc1ccc(/C(O)=C2\C(=O)C(=O)N(c3ccc(F)c(Cl)c3)C2c2ccc(OC)cc2)cc1. The minimum Gasteiger partial charge on any atom is -0.507 e. The molecule has 4 rings (SSSR count). The Morgan fingerprint density at radius 2 is 1.69 bits per heavy atom. The summed E-state index contributed by atoms with van der Waals surface area (Å²) in [6, 6.07) is 16.2. The van der Waals surface area contributed by atoms with Crippen LogP contribution in [0.25, 0.3) is 5.76 Å². The largest absolute Gasteiger partial charge is 0.507 e. The van der Waals surface area contributed by atoms with Crippen molar-refractivity contribution in [2.24, 2.45) is 0 Å². The molecule has 0 bridgehead atoms. The Labute approximate surface area is 207 Å². The Kier molecular flexibility index (Phi) is 7.07. The van der Waals surface area contributed by atoms with Gasteiger partial charge in [0.1, 0.15) is 23.1 Å². The van der Waals surface area contributed by atoms with Crippen LogP contribution in [0, 0.1) is 5.82 Å². The average Bonchev–Trinajstić information content (AvgIpc) is 3.14. The second-order valence-electron chi connectivity index (χ2n) is 7.91. The van der Waals surface area contributed by atoms with Gasteiger partial charge in [0.15, 0.2) is 0 Å². The van der Waals surface area contributed by atoms with E-state index in [1.165, 1.54) is 24.1 Å². The standard InChI is InChI=1S/C27H23ClFNO5/c1-3-14-35-20-11-6-17(7-12-20)25(31)23-24(16-4-9-19(34-2)10-5-16)30(27(33)26(23)32)18-8-13-22(29)21(28)15-18/h4-13,15,24,31H,3,14H2,1-2H3/b25-23+. The summed E-state index contributed by atoms with van der Waals surface area (Å²) >= 11 is 5.97. The number of rotatable bonds is 7. The van der Waals surface area contributed by atoms with Gasteiger partial charge in [-0.25, -0.2) is 4.39 Å². The maximum absolute atomic E-state index is 13.8. The molecule has 180 valence electrons. The molecule has 1 N–H and O–H groups in total. The number of Topliss-reactive ketones (excluding diaryl/α,β-unsaturated/α-hetero) is 1. The number of ketones is 1. The Hall–Kier alpha value is -3.84. The van der Waals surface area contributed by atoms with E-state index in [0.29, 0.717) is 29.2 Å². The number of aliphatic hydroxyl groups excluding tert-OH is 1. The van der Waals surface area contributed by atoms with E-state index < -0.39 is 23.5 Å². The van der Waals surface area contributed by atoms with Gasteiger partial charge in [-0.1, -0.05) is 30.7 Å². The summed E-state index contributed by atoms with van der Waals surface area (Å²) in [6.45, 7) is 2.54. The molecule has 0 saturated carbocycles. The van der Waals surface area contributed by atoms with Gasteiger partial charge in [-0.3, -0.25) is 14.5 Å². The topological polar surface area (TPSA) is 76.1 Å². The molecule has 0 radical (unpaired) electrons. The van der Waals surface area contributed by atoms with Crippen LogP contribution in [0.1, 0.15) is 30.5 Å². The Morgan fingerprint density at radius 1 is 1.03 bits per heavy atom. The van der Waals surface area contributed by atoms with E-state index in [1.54, 1.807) is 48.5 Å². The third-order valence-corrected chi connectivity index (χ3v) is 5.95. The summed E-state index contributed by atoms with van der Waals surface area (Å²) in [6.07, 6.45) is 0.848. The predicted molar refractivity (Wildman–Crippen MR) is 131 cm³/mol. The number of aliphatic hydroxyl groups is 1. The van der Waals surface area contributed by atoms with Crippen molar-refractivity contribution in [2.75, 3.05) is 18.6 Å². The van der Waals surface area contributed by atoms with Gasteiger partial charge >= 0.3 is 0 Å². The zero-order valence-electron chi connectivity index (χ0n) is 19.1. The lowest BCUT2D eigenvalue weighted by Gasteiger charge is -2.25. The number of methoxy groups -OCH3 is 1. The van der Waals surface area contributed by atoms with Crippen LogP contribution in [0.4, 0.5) is 10.1 Å². The smallest absolute Gasteiger partial charge is 0.300 e. The molecule has 0 aliphatic carbocycles. The van der Waals surface area contributed by atoms with Crippen molar-refractivity contribution >= 4 is 34.7 Å². The molecule has 1 amide bonds. The van der Waals surface area contributed by atoms with E-state index in [1.807, 2.05) is 6.92 Å². The molecule has 6 nitrogen and oxygen atoms in total. The highest BCUT2D eigenvalue weighted by atomic mass is 35.5. The summed E-state index contributed by atoms with van der Waals surface area (Å²) in [4.78, 5) is 27.6. The highest BCUT2D eigenvalue weighted by molar-refractivity contribution is 6.51. The van der Waals surface area contributed by atoms with Crippen molar-refractivity contribution in [3.8, 4) is 11.5 Å². The number of anilines is 1. The van der Waals surface area contributed by atoms with Crippen LogP contribution >= 0.6 is 11.6 Å². The van der Waals surface area contributed by atoms with Crippen LogP contribution in [-0.4, -0.2) is 30.5 Å². The Morgan fingerprint density at radius 3 is 2.29 bits per heavy atom. The first kappa shape index (κ1) is 24.3. The van der Waals surface area contributed by atoms with Crippen molar-refractivity contribution in [1.82, 2.24) is 0 Å². The monoisotopic (exact) mass is 495 g/mol. The highest BCUT2D eigenvalue weighted by Crippen LogP contribution is 2.43. The lowest BCUT2D eigenvalue weighted by atomic mass is 9.95. The molecule has 1 saturated heterocycles. The fourth-order valence-corrected chi connectivity index (χ4v) is 4.09. The molecule has 3 aromatic carbocycles. The number of carbonyl (C=O) groups is 2. The van der Waals surface area contributed by atoms with E-state index in [9.17, 15) is 19.1 Å². The second-order valence-corrected chi connectivity index (χ2v) is 8.32. The Bertz CT molecular complexity index is 1290. The summed E-state index contributed by atoms with van der Waals surface area (Å²) in [7, 11) is 1.52. The third-order valence-electron chi connectivity index (χ3n) is 5.66. The molecule has 0 spiro atoms. The molecule has 1 aliphatic heterocycles. The molecule has 1 atom stereocenters. The number of halogens is 2. The first-order chi connectivity index (χ1) is 16.8. The maximum Gasteiger partial charge on any atom is 0.300 e. The molecule has 3 aromatic rings. The summed E-state index contributed by atoms with van der Waals surface area (Å²) in [5.74, 6) is -1.51. The molecule has 1 heterocycles.